The van der Waals surface area contributed by atoms with E-state index < -0.39 is 0 Å². The molecule has 110 valence electrons. The molecule has 0 amide bonds. The van der Waals surface area contributed by atoms with Crippen LogP contribution in [0.15, 0.2) is 47.4 Å². The summed E-state index contributed by atoms with van der Waals surface area (Å²) in [6.45, 7) is 0. The van der Waals surface area contributed by atoms with Crippen LogP contribution in [0, 0.1) is 10.1 Å². The Morgan fingerprint density at radius 3 is 2.52 bits per heavy atom. The van der Waals surface area contributed by atoms with E-state index in [4.69, 9.17) is 4.74 Å². The third-order valence-corrected chi connectivity index (χ3v) is 4.08. The number of methoxy groups -OCH3 is 1. The van der Waals surface area contributed by atoms with Crippen molar-refractivity contribution in [3.05, 3.63) is 58.1 Å². The summed E-state index contributed by atoms with van der Waals surface area (Å²) in [5, 5.41) is 13.7. The summed E-state index contributed by atoms with van der Waals surface area (Å²) in [5.41, 5.74) is 1.66. The average Bonchev–Trinajstić information content (AvgIpc) is 2.52. The number of hydrogen-bond donors (Lipinski definition) is 1. The molecule has 0 spiro atoms. The van der Waals surface area contributed by atoms with Gasteiger partial charge in [0.25, 0.3) is 5.69 Å². The summed E-state index contributed by atoms with van der Waals surface area (Å²) in [6, 6.07) is 13.0. The molecule has 0 atom stereocenters. The van der Waals surface area contributed by atoms with Gasteiger partial charge in [-0.1, -0.05) is 6.07 Å². The summed E-state index contributed by atoms with van der Waals surface area (Å²) < 4.78 is 5.12. The molecule has 0 saturated heterocycles. The molecule has 0 saturated carbocycles. The number of rotatable bonds is 6. The smallest absolute Gasteiger partial charge is 0.292 e. The third kappa shape index (κ3) is 3.88. The SMILES string of the molecule is CNc1cc(CSc2ccc(OC)cc2)ccc1[N+](=O)[O-]. The lowest BCUT2D eigenvalue weighted by molar-refractivity contribution is -0.383. The van der Waals surface area contributed by atoms with Crippen LogP contribution >= 0.6 is 11.8 Å². The standard InChI is InChI=1S/C15H16N2O3S/c1-16-14-9-11(3-8-15(14)17(18)19)10-21-13-6-4-12(20-2)5-7-13/h3-9,16H,10H2,1-2H3. The molecule has 0 aromatic heterocycles. The molecule has 6 heteroatoms. The molecular formula is C15H16N2O3S. The van der Waals surface area contributed by atoms with Crippen molar-refractivity contribution in [2.24, 2.45) is 0 Å². The van der Waals surface area contributed by atoms with Gasteiger partial charge in [-0.15, -0.1) is 11.8 Å². The van der Waals surface area contributed by atoms with Crippen molar-refractivity contribution >= 4 is 23.1 Å². The maximum atomic E-state index is 10.9. The first-order valence-electron chi connectivity index (χ1n) is 6.36. The van der Waals surface area contributed by atoms with E-state index in [0.29, 0.717) is 5.69 Å². The summed E-state index contributed by atoms with van der Waals surface area (Å²) in [7, 11) is 3.32. The Hall–Kier alpha value is -2.21. The zero-order valence-electron chi connectivity index (χ0n) is 11.8. The summed E-state index contributed by atoms with van der Waals surface area (Å²) in [5.74, 6) is 1.58. The van der Waals surface area contributed by atoms with Crippen LogP contribution in [0.1, 0.15) is 5.56 Å². The van der Waals surface area contributed by atoms with Crippen molar-refractivity contribution < 1.29 is 9.66 Å². The first-order chi connectivity index (χ1) is 10.1. The van der Waals surface area contributed by atoms with E-state index >= 15 is 0 Å². The lowest BCUT2D eigenvalue weighted by Gasteiger charge is -2.07. The maximum absolute atomic E-state index is 10.9. The fourth-order valence-corrected chi connectivity index (χ4v) is 2.71. The second kappa shape index (κ2) is 6.99. The lowest BCUT2D eigenvalue weighted by Crippen LogP contribution is -1.97. The molecule has 5 nitrogen and oxygen atoms in total. The highest BCUT2D eigenvalue weighted by Crippen LogP contribution is 2.29. The molecule has 0 aliphatic rings. The highest BCUT2D eigenvalue weighted by molar-refractivity contribution is 7.98. The molecule has 2 aromatic rings. The van der Waals surface area contributed by atoms with E-state index in [-0.39, 0.29) is 10.6 Å². The van der Waals surface area contributed by atoms with E-state index in [2.05, 4.69) is 5.32 Å². The van der Waals surface area contributed by atoms with Crippen LogP contribution in [0.3, 0.4) is 0 Å². The molecule has 0 unspecified atom stereocenters. The number of thioether (sulfide) groups is 1. The van der Waals surface area contributed by atoms with Gasteiger partial charge < -0.3 is 10.1 Å². The molecule has 21 heavy (non-hydrogen) atoms. The maximum Gasteiger partial charge on any atom is 0.292 e. The zero-order chi connectivity index (χ0) is 15.2. The summed E-state index contributed by atoms with van der Waals surface area (Å²) in [4.78, 5) is 11.6. The average molecular weight is 304 g/mol. The normalized spacial score (nSPS) is 10.2. The van der Waals surface area contributed by atoms with Crippen molar-refractivity contribution in [3.8, 4) is 5.75 Å². The van der Waals surface area contributed by atoms with Crippen LogP contribution < -0.4 is 10.1 Å². The van der Waals surface area contributed by atoms with Crippen LogP contribution in [-0.2, 0) is 5.75 Å². The van der Waals surface area contributed by atoms with Gasteiger partial charge in [-0.3, -0.25) is 10.1 Å². The van der Waals surface area contributed by atoms with Gasteiger partial charge in [0, 0.05) is 23.8 Å². The number of nitrogens with one attached hydrogen (secondary N) is 1. The van der Waals surface area contributed by atoms with E-state index in [1.807, 2.05) is 30.3 Å². The fraction of sp³-hybridized carbons (Fsp3) is 0.200. The fourth-order valence-electron chi connectivity index (χ4n) is 1.87. The molecular weight excluding hydrogens is 288 g/mol. The van der Waals surface area contributed by atoms with Gasteiger partial charge in [-0.05, 0) is 35.9 Å². The molecule has 1 N–H and O–H groups in total. The molecule has 0 heterocycles. The van der Waals surface area contributed by atoms with Gasteiger partial charge in [-0.25, -0.2) is 0 Å². The van der Waals surface area contributed by atoms with Gasteiger partial charge >= 0.3 is 0 Å². The second-order valence-electron chi connectivity index (χ2n) is 4.32. The van der Waals surface area contributed by atoms with Crippen molar-refractivity contribution in [2.45, 2.75) is 10.6 Å². The van der Waals surface area contributed by atoms with Crippen molar-refractivity contribution in [1.82, 2.24) is 0 Å². The van der Waals surface area contributed by atoms with Gasteiger partial charge in [0.2, 0.25) is 0 Å². The predicted octanol–water partition coefficient (Wildman–Crippen LogP) is 3.94. The lowest BCUT2D eigenvalue weighted by atomic mass is 10.2. The highest BCUT2D eigenvalue weighted by Gasteiger charge is 2.12. The number of nitrogens with zero attached hydrogens (tertiary/aromatic N) is 1. The van der Waals surface area contributed by atoms with Crippen LogP contribution in [-0.4, -0.2) is 19.1 Å². The van der Waals surface area contributed by atoms with E-state index in [1.54, 1.807) is 32.0 Å². The second-order valence-corrected chi connectivity index (χ2v) is 5.37. The first-order valence-corrected chi connectivity index (χ1v) is 7.34. The number of nitro groups is 1. The van der Waals surface area contributed by atoms with E-state index in [9.17, 15) is 10.1 Å². The Morgan fingerprint density at radius 2 is 1.95 bits per heavy atom. The summed E-state index contributed by atoms with van der Waals surface area (Å²) >= 11 is 1.67. The quantitative estimate of drug-likeness (QED) is 0.497. The van der Waals surface area contributed by atoms with Gasteiger partial charge in [-0.2, -0.15) is 0 Å². The van der Waals surface area contributed by atoms with Gasteiger partial charge in [0.1, 0.15) is 11.4 Å². The Morgan fingerprint density at radius 1 is 1.24 bits per heavy atom. The molecule has 0 fully saturated rings. The third-order valence-electron chi connectivity index (χ3n) is 2.99. The topological polar surface area (TPSA) is 64.4 Å². The molecule has 0 bridgehead atoms. The van der Waals surface area contributed by atoms with Gasteiger partial charge in [0.05, 0.1) is 12.0 Å². The minimum Gasteiger partial charge on any atom is -0.497 e. The molecule has 2 aromatic carbocycles. The molecule has 0 aliphatic heterocycles. The largest absolute Gasteiger partial charge is 0.497 e. The Bertz CT molecular complexity index is 629. The minimum atomic E-state index is -0.383. The first kappa shape index (κ1) is 15.2. The number of hydrogen-bond acceptors (Lipinski definition) is 5. The zero-order valence-corrected chi connectivity index (χ0v) is 12.6. The minimum absolute atomic E-state index is 0.0932. The van der Waals surface area contributed by atoms with Crippen molar-refractivity contribution in [1.29, 1.82) is 0 Å². The monoisotopic (exact) mass is 304 g/mol. The molecule has 0 radical (unpaired) electrons. The predicted molar refractivity (Wildman–Crippen MR) is 85.2 cm³/mol. The van der Waals surface area contributed by atoms with E-state index in [0.717, 1.165) is 22.0 Å². The van der Waals surface area contributed by atoms with Crippen LogP contribution in [0.4, 0.5) is 11.4 Å². The highest BCUT2D eigenvalue weighted by atomic mass is 32.2. The van der Waals surface area contributed by atoms with Crippen molar-refractivity contribution in [2.75, 3.05) is 19.5 Å². The Labute approximate surface area is 127 Å². The number of anilines is 1. The van der Waals surface area contributed by atoms with Crippen LogP contribution in [0.5, 0.6) is 5.75 Å². The molecule has 0 aliphatic carbocycles. The summed E-state index contributed by atoms with van der Waals surface area (Å²) in [6.07, 6.45) is 0. The number of nitro benzene ring substituents is 1. The van der Waals surface area contributed by atoms with E-state index in [1.165, 1.54) is 6.07 Å². The van der Waals surface area contributed by atoms with Crippen LogP contribution in [0.25, 0.3) is 0 Å². The van der Waals surface area contributed by atoms with Crippen molar-refractivity contribution in [3.63, 3.8) is 0 Å². The molecule has 2 rings (SSSR count). The number of ether oxygens (including phenoxy) is 1. The Balaban J connectivity index is 2.07. The van der Waals surface area contributed by atoms with Crippen LogP contribution in [0.2, 0.25) is 0 Å². The van der Waals surface area contributed by atoms with Gasteiger partial charge in [0.15, 0.2) is 0 Å². The number of benzene rings is 2. The Kier molecular flexibility index (Phi) is 5.05.